The van der Waals surface area contributed by atoms with Gasteiger partial charge in [-0.2, -0.15) is 0 Å². The molecule has 1 aromatic heterocycles. The summed E-state index contributed by atoms with van der Waals surface area (Å²) in [6.45, 7) is 9.07. The molecular formula is C24H29ClN2O3S. The number of fused-ring (bicyclic) bond motifs is 1. The largest absolute Gasteiger partial charge is 0.378 e. The minimum absolute atomic E-state index is 0.00975. The molecule has 1 saturated heterocycles. The molecule has 1 aliphatic heterocycles. The maximum Gasteiger partial charge on any atom is 0.257 e. The quantitative estimate of drug-likeness (QED) is 0.678. The average Bonchev–Trinajstić information content (AvgIpc) is 3.10. The molecule has 0 radical (unpaired) electrons. The zero-order valence-corrected chi connectivity index (χ0v) is 19.9. The van der Waals surface area contributed by atoms with E-state index in [0.717, 1.165) is 24.8 Å². The predicted octanol–water partition coefficient (Wildman–Crippen LogP) is 5.28. The highest BCUT2D eigenvalue weighted by atomic mass is 35.5. The van der Waals surface area contributed by atoms with E-state index >= 15 is 0 Å². The van der Waals surface area contributed by atoms with Gasteiger partial charge in [0, 0.05) is 18.0 Å². The number of halogens is 1. The van der Waals surface area contributed by atoms with Crippen LogP contribution in [0.25, 0.3) is 0 Å². The van der Waals surface area contributed by atoms with Crippen molar-refractivity contribution in [2.75, 3.05) is 31.6 Å². The molecule has 0 spiro atoms. The molecule has 2 aliphatic rings. The first-order chi connectivity index (χ1) is 14.8. The Balaban J connectivity index is 1.69. The van der Waals surface area contributed by atoms with Crippen LogP contribution < -0.4 is 5.32 Å². The highest BCUT2D eigenvalue weighted by Gasteiger charge is 2.35. The normalized spacial score (nSPS) is 19.1. The van der Waals surface area contributed by atoms with Crippen LogP contribution in [0.2, 0.25) is 5.02 Å². The van der Waals surface area contributed by atoms with Gasteiger partial charge in [0.1, 0.15) is 5.00 Å². The molecule has 0 bridgehead atoms. The van der Waals surface area contributed by atoms with Gasteiger partial charge in [0.25, 0.3) is 11.8 Å². The Morgan fingerprint density at radius 1 is 1.19 bits per heavy atom. The van der Waals surface area contributed by atoms with Crippen molar-refractivity contribution in [1.29, 1.82) is 0 Å². The van der Waals surface area contributed by atoms with Gasteiger partial charge in [-0.1, -0.05) is 44.5 Å². The summed E-state index contributed by atoms with van der Waals surface area (Å²) in [5, 5.41) is 4.05. The van der Waals surface area contributed by atoms with E-state index in [2.05, 4.69) is 26.1 Å². The van der Waals surface area contributed by atoms with Gasteiger partial charge >= 0.3 is 0 Å². The van der Waals surface area contributed by atoms with E-state index < -0.39 is 0 Å². The van der Waals surface area contributed by atoms with Crippen LogP contribution >= 0.6 is 22.9 Å². The third-order valence-electron chi connectivity index (χ3n) is 6.35. The van der Waals surface area contributed by atoms with Gasteiger partial charge in [-0.15, -0.1) is 11.3 Å². The van der Waals surface area contributed by atoms with Gasteiger partial charge < -0.3 is 15.0 Å². The third-order valence-corrected chi connectivity index (χ3v) is 7.85. The molecule has 31 heavy (non-hydrogen) atoms. The summed E-state index contributed by atoms with van der Waals surface area (Å²) in [6.07, 6.45) is 2.85. The fourth-order valence-electron chi connectivity index (χ4n) is 4.38. The van der Waals surface area contributed by atoms with Crippen LogP contribution in [-0.4, -0.2) is 43.0 Å². The number of amides is 2. The number of thiophene rings is 1. The van der Waals surface area contributed by atoms with E-state index in [9.17, 15) is 9.59 Å². The van der Waals surface area contributed by atoms with Gasteiger partial charge in [-0.05, 0) is 48.3 Å². The first kappa shape index (κ1) is 22.3. The van der Waals surface area contributed by atoms with Gasteiger partial charge in [-0.3, -0.25) is 9.59 Å². The van der Waals surface area contributed by atoms with E-state index in [-0.39, 0.29) is 17.2 Å². The lowest BCUT2D eigenvalue weighted by Gasteiger charge is -2.34. The summed E-state index contributed by atoms with van der Waals surface area (Å²) >= 11 is 7.78. The van der Waals surface area contributed by atoms with Crippen LogP contribution in [-0.2, 0) is 17.6 Å². The first-order valence-corrected chi connectivity index (χ1v) is 12.0. The van der Waals surface area contributed by atoms with Crippen molar-refractivity contribution in [3.05, 3.63) is 50.9 Å². The number of morpholine rings is 1. The van der Waals surface area contributed by atoms with Crippen LogP contribution in [0.3, 0.4) is 0 Å². The van der Waals surface area contributed by atoms with Crippen LogP contribution in [0, 0.1) is 11.3 Å². The average molecular weight is 461 g/mol. The minimum Gasteiger partial charge on any atom is -0.378 e. The number of carbonyl (C=O) groups is 2. The second-order valence-electron chi connectivity index (χ2n) is 9.35. The van der Waals surface area contributed by atoms with Crippen LogP contribution in [0.5, 0.6) is 0 Å². The lowest BCUT2D eigenvalue weighted by molar-refractivity contribution is 0.0303. The Morgan fingerprint density at radius 3 is 2.58 bits per heavy atom. The number of nitrogens with one attached hydrogen (secondary N) is 1. The maximum atomic E-state index is 13.5. The Kier molecular flexibility index (Phi) is 6.42. The number of benzene rings is 1. The molecule has 7 heteroatoms. The Labute approximate surface area is 192 Å². The molecule has 1 N–H and O–H groups in total. The molecule has 1 fully saturated rings. The van der Waals surface area contributed by atoms with E-state index in [1.165, 1.54) is 4.88 Å². The zero-order chi connectivity index (χ0) is 22.2. The van der Waals surface area contributed by atoms with Crippen molar-refractivity contribution >= 4 is 39.8 Å². The number of hydrogen-bond acceptors (Lipinski definition) is 4. The van der Waals surface area contributed by atoms with Crippen molar-refractivity contribution in [2.24, 2.45) is 11.3 Å². The highest BCUT2D eigenvalue weighted by Crippen LogP contribution is 2.44. The number of hydrogen-bond donors (Lipinski definition) is 1. The molecular weight excluding hydrogens is 432 g/mol. The van der Waals surface area contributed by atoms with Crippen molar-refractivity contribution < 1.29 is 14.3 Å². The monoisotopic (exact) mass is 460 g/mol. The molecule has 2 heterocycles. The number of nitrogens with zero attached hydrogens (tertiary/aromatic N) is 1. The van der Waals surface area contributed by atoms with E-state index in [1.54, 1.807) is 35.6 Å². The van der Waals surface area contributed by atoms with Gasteiger partial charge in [-0.25, -0.2) is 0 Å². The van der Waals surface area contributed by atoms with Crippen molar-refractivity contribution in [3.8, 4) is 0 Å². The second-order valence-corrected chi connectivity index (χ2v) is 10.9. The molecule has 1 unspecified atom stereocenters. The van der Waals surface area contributed by atoms with Crippen LogP contribution in [0.1, 0.15) is 58.3 Å². The molecule has 1 aliphatic carbocycles. The molecule has 2 amide bonds. The second kappa shape index (κ2) is 8.93. The maximum absolute atomic E-state index is 13.5. The van der Waals surface area contributed by atoms with Gasteiger partial charge in [0.05, 0.1) is 29.4 Å². The minimum atomic E-state index is -0.285. The number of anilines is 1. The highest BCUT2D eigenvalue weighted by molar-refractivity contribution is 7.17. The standard InChI is InChI=1S/C24H29ClN2O3S/c1-24(2,3)15-8-9-17-19(14-15)31-22(20(17)23(29)27-10-12-30-13-11-27)26-21(28)16-6-4-5-7-18(16)25/h4-7,15H,8-14H2,1-3H3,(H,26,28). The van der Waals surface area contributed by atoms with Gasteiger partial charge in [0.15, 0.2) is 0 Å². The Hall–Kier alpha value is -1.89. The third kappa shape index (κ3) is 4.66. The SMILES string of the molecule is CC(C)(C)C1CCc2c(sc(NC(=O)c3ccccc3Cl)c2C(=O)N2CCOCC2)C1. The molecule has 4 rings (SSSR count). The Bertz CT molecular complexity index is 989. The van der Waals surface area contributed by atoms with Crippen molar-refractivity contribution in [2.45, 2.75) is 40.0 Å². The smallest absolute Gasteiger partial charge is 0.257 e. The summed E-state index contributed by atoms with van der Waals surface area (Å²) in [4.78, 5) is 29.6. The number of ether oxygens (including phenoxy) is 1. The molecule has 1 atom stereocenters. The lowest BCUT2D eigenvalue weighted by atomic mass is 9.72. The summed E-state index contributed by atoms with van der Waals surface area (Å²) in [7, 11) is 0. The summed E-state index contributed by atoms with van der Waals surface area (Å²) in [6, 6.07) is 6.98. The summed E-state index contributed by atoms with van der Waals surface area (Å²) < 4.78 is 5.42. The Morgan fingerprint density at radius 2 is 1.90 bits per heavy atom. The van der Waals surface area contributed by atoms with Crippen molar-refractivity contribution in [1.82, 2.24) is 4.90 Å². The van der Waals surface area contributed by atoms with E-state index in [4.69, 9.17) is 16.3 Å². The van der Waals surface area contributed by atoms with Crippen molar-refractivity contribution in [3.63, 3.8) is 0 Å². The zero-order valence-electron chi connectivity index (χ0n) is 18.3. The molecule has 2 aromatic rings. The molecule has 166 valence electrons. The number of carbonyl (C=O) groups excluding carboxylic acids is 2. The van der Waals surface area contributed by atoms with E-state index in [0.29, 0.717) is 53.4 Å². The molecule has 1 aromatic carbocycles. The van der Waals surface area contributed by atoms with Crippen LogP contribution in [0.4, 0.5) is 5.00 Å². The summed E-state index contributed by atoms with van der Waals surface area (Å²) in [5.74, 6) is 0.258. The molecule has 0 saturated carbocycles. The first-order valence-electron chi connectivity index (χ1n) is 10.8. The fraction of sp³-hybridized carbons (Fsp3) is 0.500. The summed E-state index contributed by atoms with van der Waals surface area (Å²) in [5.41, 5.74) is 2.39. The van der Waals surface area contributed by atoms with E-state index in [1.807, 2.05) is 4.90 Å². The fourth-order valence-corrected chi connectivity index (χ4v) is 5.92. The van der Waals surface area contributed by atoms with Crippen LogP contribution in [0.15, 0.2) is 24.3 Å². The predicted molar refractivity (Wildman–Crippen MR) is 125 cm³/mol. The topological polar surface area (TPSA) is 58.6 Å². The lowest BCUT2D eigenvalue weighted by Crippen LogP contribution is -2.41. The van der Waals surface area contributed by atoms with Gasteiger partial charge in [0.2, 0.25) is 0 Å². The molecule has 5 nitrogen and oxygen atoms in total. The number of rotatable bonds is 3.